The first-order valence-electron chi connectivity index (χ1n) is 5.04. The maximum atomic E-state index is 6.37. The van der Waals surface area contributed by atoms with Crippen molar-refractivity contribution in [2.75, 3.05) is 7.11 Å². The lowest BCUT2D eigenvalue weighted by atomic mass is 10.1. The van der Waals surface area contributed by atoms with Crippen LogP contribution in [0, 0.1) is 6.92 Å². The molecule has 0 aliphatic heterocycles. The molecule has 0 bridgehead atoms. The molecule has 1 unspecified atom stereocenters. The third-order valence-electron chi connectivity index (χ3n) is 2.58. The van der Waals surface area contributed by atoms with E-state index in [1.807, 2.05) is 37.3 Å². The van der Waals surface area contributed by atoms with Crippen LogP contribution >= 0.6 is 11.6 Å². The fraction of sp³-hybridized carbons (Fsp3) is 0.231. The molecule has 1 aromatic heterocycles. The van der Waals surface area contributed by atoms with Crippen molar-refractivity contribution in [2.45, 2.75) is 12.3 Å². The molecule has 1 aromatic carbocycles. The van der Waals surface area contributed by atoms with Crippen LogP contribution in [0.15, 0.2) is 41.0 Å². The van der Waals surface area contributed by atoms with E-state index in [4.69, 9.17) is 20.8 Å². The molecule has 16 heavy (non-hydrogen) atoms. The van der Waals surface area contributed by atoms with Crippen LogP contribution in [0.25, 0.3) is 0 Å². The van der Waals surface area contributed by atoms with Crippen molar-refractivity contribution in [2.24, 2.45) is 0 Å². The summed E-state index contributed by atoms with van der Waals surface area (Å²) in [6.45, 7) is 1.91. The predicted molar refractivity (Wildman–Crippen MR) is 64.1 cm³/mol. The van der Waals surface area contributed by atoms with E-state index in [0.717, 1.165) is 22.6 Å². The molecule has 2 aromatic rings. The van der Waals surface area contributed by atoms with Gasteiger partial charge in [0, 0.05) is 5.56 Å². The smallest absolute Gasteiger partial charge is 0.118 e. The molecule has 1 atom stereocenters. The van der Waals surface area contributed by atoms with E-state index >= 15 is 0 Å². The summed E-state index contributed by atoms with van der Waals surface area (Å²) in [5.41, 5.74) is 2.04. The SMILES string of the molecule is COc1ccc(C(Cl)c2ccoc2C)cc1. The van der Waals surface area contributed by atoms with E-state index in [2.05, 4.69) is 0 Å². The lowest BCUT2D eigenvalue weighted by molar-refractivity contribution is 0.414. The number of methoxy groups -OCH3 is 1. The number of hydrogen-bond donors (Lipinski definition) is 0. The molecule has 0 amide bonds. The zero-order valence-corrected chi connectivity index (χ0v) is 9.99. The van der Waals surface area contributed by atoms with Crippen LogP contribution in [0.5, 0.6) is 5.75 Å². The Balaban J connectivity index is 2.27. The standard InChI is InChI=1S/C13H13ClO2/c1-9-12(7-8-16-9)13(14)10-3-5-11(15-2)6-4-10/h3-8,13H,1-2H3. The van der Waals surface area contributed by atoms with E-state index in [1.54, 1.807) is 13.4 Å². The quantitative estimate of drug-likeness (QED) is 0.754. The average Bonchev–Trinajstić information content (AvgIpc) is 2.75. The molecule has 0 aliphatic rings. The van der Waals surface area contributed by atoms with Crippen molar-refractivity contribution < 1.29 is 9.15 Å². The number of alkyl halides is 1. The van der Waals surface area contributed by atoms with E-state index < -0.39 is 0 Å². The summed E-state index contributed by atoms with van der Waals surface area (Å²) in [6.07, 6.45) is 1.66. The van der Waals surface area contributed by atoms with E-state index in [-0.39, 0.29) is 5.38 Å². The molecular weight excluding hydrogens is 224 g/mol. The van der Waals surface area contributed by atoms with Gasteiger partial charge in [-0.1, -0.05) is 12.1 Å². The molecule has 2 rings (SSSR count). The lowest BCUT2D eigenvalue weighted by Crippen LogP contribution is -1.93. The third-order valence-corrected chi connectivity index (χ3v) is 3.07. The van der Waals surface area contributed by atoms with Crippen LogP contribution in [0.1, 0.15) is 22.3 Å². The number of aryl methyl sites for hydroxylation is 1. The van der Waals surface area contributed by atoms with E-state index in [9.17, 15) is 0 Å². The Bertz CT molecular complexity index is 459. The van der Waals surface area contributed by atoms with Gasteiger partial charge in [-0.25, -0.2) is 0 Å². The van der Waals surface area contributed by atoms with Crippen molar-refractivity contribution in [1.82, 2.24) is 0 Å². The second-order valence-corrected chi connectivity index (χ2v) is 4.00. The fourth-order valence-electron chi connectivity index (χ4n) is 1.61. The number of hydrogen-bond acceptors (Lipinski definition) is 2. The molecule has 0 saturated carbocycles. The summed E-state index contributed by atoms with van der Waals surface area (Å²) in [5.74, 6) is 1.69. The summed E-state index contributed by atoms with van der Waals surface area (Å²) >= 11 is 6.37. The summed E-state index contributed by atoms with van der Waals surface area (Å²) in [4.78, 5) is 0. The number of benzene rings is 1. The Morgan fingerprint density at radius 2 is 1.88 bits per heavy atom. The van der Waals surface area contributed by atoms with Gasteiger partial charge < -0.3 is 9.15 Å². The minimum atomic E-state index is -0.176. The summed E-state index contributed by atoms with van der Waals surface area (Å²) in [7, 11) is 1.65. The molecule has 3 heteroatoms. The van der Waals surface area contributed by atoms with Crippen molar-refractivity contribution in [3.8, 4) is 5.75 Å². The predicted octanol–water partition coefficient (Wildman–Crippen LogP) is 3.92. The molecule has 0 N–H and O–H groups in total. The molecule has 0 spiro atoms. The van der Waals surface area contributed by atoms with Gasteiger partial charge in [0.25, 0.3) is 0 Å². The summed E-state index contributed by atoms with van der Waals surface area (Å²) in [6, 6.07) is 9.63. The molecule has 0 aliphatic carbocycles. The highest BCUT2D eigenvalue weighted by Gasteiger charge is 2.14. The highest BCUT2D eigenvalue weighted by atomic mass is 35.5. The normalized spacial score (nSPS) is 12.4. The van der Waals surface area contributed by atoms with Crippen LogP contribution in [0.3, 0.4) is 0 Å². The largest absolute Gasteiger partial charge is 0.497 e. The number of halogens is 1. The summed E-state index contributed by atoms with van der Waals surface area (Å²) in [5, 5.41) is -0.176. The highest BCUT2D eigenvalue weighted by Crippen LogP contribution is 2.32. The Morgan fingerprint density at radius 1 is 1.19 bits per heavy atom. The van der Waals surface area contributed by atoms with Gasteiger partial charge in [0.05, 0.1) is 18.8 Å². The van der Waals surface area contributed by atoms with Crippen LogP contribution < -0.4 is 4.74 Å². The van der Waals surface area contributed by atoms with Crippen LogP contribution in [0.4, 0.5) is 0 Å². The fourth-order valence-corrected chi connectivity index (χ4v) is 1.98. The number of furan rings is 1. The van der Waals surface area contributed by atoms with E-state index in [0.29, 0.717) is 0 Å². The van der Waals surface area contributed by atoms with Crippen molar-refractivity contribution in [1.29, 1.82) is 0 Å². The molecule has 0 saturated heterocycles. The molecule has 84 valence electrons. The molecule has 0 fully saturated rings. The first kappa shape index (κ1) is 11.1. The zero-order chi connectivity index (χ0) is 11.5. The molecule has 0 radical (unpaired) electrons. The minimum Gasteiger partial charge on any atom is -0.497 e. The van der Waals surface area contributed by atoms with Crippen LogP contribution in [-0.2, 0) is 0 Å². The lowest BCUT2D eigenvalue weighted by Gasteiger charge is -2.09. The Kier molecular flexibility index (Phi) is 3.20. The Labute approximate surface area is 99.8 Å². The van der Waals surface area contributed by atoms with Gasteiger partial charge in [-0.05, 0) is 30.7 Å². The van der Waals surface area contributed by atoms with Gasteiger partial charge >= 0.3 is 0 Å². The third kappa shape index (κ3) is 2.07. The Morgan fingerprint density at radius 3 is 2.38 bits per heavy atom. The first-order valence-corrected chi connectivity index (χ1v) is 5.48. The molecule has 1 heterocycles. The number of ether oxygens (including phenoxy) is 1. The summed E-state index contributed by atoms with van der Waals surface area (Å²) < 4.78 is 10.3. The van der Waals surface area contributed by atoms with Gasteiger partial charge in [-0.3, -0.25) is 0 Å². The first-order chi connectivity index (χ1) is 7.72. The molecular formula is C13H13ClO2. The van der Waals surface area contributed by atoms with Crippen molar-refractivity contribution >= 4 is 11.6 Å². The second kappa shape index (κ2) is 4.62. The van der Waals surface area contributed by atoms with Gasteiger partial charge in [0.1, 0.15) is 11.5 Å². The van der Waals surface area contributed by atoms with Gasteiger partial charge in [-0.15, -0.1) is 11.6 Å². The highest BCUT2D eigenvalue weighted by molar-refractivity contribution is 6.22. The van der Waals surface area contributed by atoms with Crippen molar-refractivity contribution in [3.05, 3.63) is 53.5 Å². The van der Waals surface area contributed by atoms with Crippen LogP contribution in [0.2, 0.25) is 0 Å². The Hall–Kier alpha value is -1.41. The van der Waals surface area contributed by atoms with Gasteiger partial charge in [-0.2, -0.15) is 0 Å². The topological polar surface area (TPSA) is 22.4 Å². The second-order valence-electron chi connectivity index (χ2n) is 3.57. The molecule has 2 nitrogen and oxygen atoms in total. The maximum Gasteiger partial charge on any atom is 0.118 e. The average molecular weight is 237 g/mol. The number of rotatable bonds is 3. The van der Waals surface area contributed by atoms with Gasteiger partial charge in [0.15, 0.2) is 0 Å². The van der Waals surface area contributed by atoms with Crippen molar-refractivity contribution in [3.63, 3.8) is 0 Å². The van der Waals surface area contributed by atoms with Gasteiger partial charge in [0.2, 0.25) is 0 Å². The monoisotopic (exact) mass is 236 g/mol. The van der Waals surface area contributed by atoms with Crippen LogP contribution in [-0.4, -0.2) is 7.11 Å². The zero-order valence-electron chi connectivity index (χ0n) is 9.24. The maximum absolute atomic E-state index is 6.37. The van der Waals surface area contributed by atoms with E-state index in [1.165, 1.54) is 0 Å². The minimum absolute atomic E-state index is 0.176.